The fraction of sp³-hybridized carbons (Fsp3) is 0.455. The minimum absolute atomic E-state index is 0.0768. The van der Waals surface area contributed by atoms with Crippen molar-refractivity contribution in [3.8, 4) is 0 Å². The SMILES string of the molecule is O=C(Cc1cccs1)Nc1ccc(N2CCCC2)c(C(=O)NCC2CCCO2)c1. The number of rotatable bonds is 7. The maximum Gasteiger partial charge on any atom is 0.253 e. The van der Waals surface area contributed by atoms with Crippen LogP contribution in [0.3, 0.4) is 0 Å². The number of thiophene rings is 1. The zero-order valence-electron chi connectivity index (χ0n) is 16.5. The molecule has 2 amide bonds. The van der Waals surface area contributed by atoms with E-state index in [4.69, 9.17) is 4.74 Å². The molecule has 1 unspecified atom stereocenters. The van der Waals surface area contributed by atoms with E-state index in [-0.39, 0.29) is 17.9 Å². The Morgan fingerprint density at radius 2 is 2.03 bits per heavy atom. The van der Waals surface area contributed by atoms with E-state index in [0.717, 1.165) is 55.9 Å². The molecule has 6 nitrogen and oxygen atoms in total. The van der Waals surface area contributed by atoms with Crippen LogP contribution in [0.25, 0.3) is 0 Å². The number of hydrogen-bond acceptors (Lipinski definition) is 5. The van der Waals surface area contributed by atoms with Gasteiger partial charge in [-0.2, -0.15) is 0 Å². The van der Waals surface area contributed by atoms with Crippen LogP contribution in [0.15, 0.2) is 35.7 Å². The highest BCUT2D eigenvalue weighted by Gasteiger charge is 2.22. The molecule has 1 aromatic carbocycles. The van der Waals surface area contributed by atoms with Gasteiger partial charge in [-0.05, 0) is 55.3 Å². The second kappa shape index (κ2) is 9.41. The third kappa shape index (κ3) is 5.16. The molecule has 7 heteroatoms. The first-order valence-electron chi connectivity index (χ1n) is 10.3. The van der Waals surface area contributed by atoms with Crippen molar-refractivity contribution in [2.45, 2.75) is 38.2 Å². The molecule has 0 radical (unpaired) electrons. The second-order valence-corrected chi connectivity index (χ2v) is 8.61. The molecule has 1 atom stereocenters. The Labute approximate surface area is 175 Å². The Kier molecular flexibility index (Phi) is 6.46. The van der Waals surface area contributed by atoms with E-state index in [2.05, 4.69) is 15.5 Å². The minimum atomic E-state index is -0.114. The zero-order valence-corrected chi connectivity index (χ0v) is 17.3. The van der Waals surface area contributed by atoms with E-state index < -0.39 is 0 Å². The van der Waals surface area contributed by atoms with Gasteiger partial charge in [-0.15, -0.1) is 11.3 Å². The summed E-state index contributed by atoms with van der Waals surface area (Å²) < 4.78 is 5.61. The van der Waals surface area contributed by atoms with Gasteiger partial charge in [-0.25, -0.2) is 0 Å². The molecule has 4 rings (SSSR count). The standard InChI is InChI=1S/C22H27N3O3S/c26-21(14-18-6-4-12-29-18)24-16-7-8-20(25-9-1-2-10-25)19(13-16)22(27)23-15-17-5-3-11-28-17/h4,6-8,12-13,17H,1-3,5,9-11,14-15H2,(H,23,27)(H,24,26). The number of amides is 2. The van der Waals surface area contributed by atoms with Crippen molar-refractivity contribution < 1.29 is 14.3 Å². The van der Waals surface area contributed by atoms with Gasteiger partial charge in [-0.1, -0.05) is 6.07 Å². The van der Waals surface area contributed by atoms with Crippen LogP contribution in [-0.2, 0) is 16.0 Å². The first-order chi connectivity index (χ1) is 14.2. The van der Waals surface area contributed by atoms with E-state index in [1.165, 1.54) is 0 Å². The van der Waals surface area contributed by atoms with Gasteiger partial charge in [0, 0.05) is 42.5 Å². The lowest BCUT2D eigenvalue weighted by molar-refractivity contribution is -0.115. The summed E-state index contributed by atoms with van der Waals surface area (Å²) in [4.78, 5) is 28.6. The van der Waals surface area contributed by atoms with E-state index in [1.807, 2.05) is 29.6 Å². The van der Waals surface area contributed by atoms with Gasteiger partial charge in [0.15, 0.2) is 0 Å². The number of carbonyl (C=O) groups excluding carboxylic acids is 2. The minimum Gasteiger partial charge on any atom is -0.376 e. The number of anilines is 2. The fourth-order valence-corrected chi connectivity index (χ4v) is 4.62. The van der Waals surface area contributed by atoms with E-state index in [0.29, 0.717) is 24.2 Å². The highest BCUT2D eigenvalue weighted by atomic mass is 32.1. The van der Waals surface area contributed by atoms with Crippen molar-refractivity contribution >= 4 is 34.5 Å². The molecule has 29 heavy (non-hydrogen) atoms. The molecule has 3 heterocycles. The third-order valence-electron chi connectivity index (χ3n) is 5.40. The summed E-state index contributed by atoms with van der Waals surface area (Å²) in [7, 11) is 0. The summed E-state index contributed by atoms with van der Waals surface area (Å²) in [6, 6.07) is 9.52. The van der Waals surface area contributed by atoms with Crippen LogP contribution < -0.4 is 15.5 Å². The van der Waals surface area contributed by atoms with Gasteiger partial charge in [-0.3, -0.25) is 9.59 Å². The Balaban J connectivity index is 1.48. The molecule has 0 saturated carbocycles. The van der Waals surface area contributed by atoms with Crippen molar-refractivity contribution in [3.05, 3.63) is 46.2 Å². The lowest BCUT2D eigenvalue weighted by Gasteiger charge is -2.22. The highest BCUT2D eigenvalue weighted by Crippen LogP contribution is 2.28. The molecular formula is C22H27N3O3S. The Morgan fingerprint density at radius 1 is 1.17 bits per heavy atom. The molecule has 154 valence electrons. The van der Waals surface area contributed by atoms with Crippen LogP contribution in [0, 0.1) is 0 Å². The quantitative estimate of drug-likeness (QED) is 0.730. The van der Waals surface area contributed by atoms with Crippen LogP contribution >= 0.6 is 11.3 Å². The zero-order chi connectivity index (χ0) is 20.1. The molecule has 0 spiro atoms. The third-order valence-corrected chi connectivity index (χ3v) is 6.28. The van der Waals surface area contributed by atoms with Gasteiger partial charge in [0.05, 0.1) is 18.1 Å². The Hall–Kier alpha value is -2.38. The van der Waals surface area contributed by atoms with Gasteiger partial charge in [0.25, 0.3) is 5.91 Å². The van der Waals surface area contributed by atoms with Crippen molar-refractivity contribution in [2.75, 3.05) is 36.5 Å². The number of benzene rings is 1. The molecule has 2 aromatic rings. The topological polar surface area (TPSA) is 70.7 Å². The van der Waals surface area contributed by atoms with E-state index in [9.17, 15) is 9.59 Å². The van der Waals surface area contributed by atoms with Crippen molar-refractivity contribution in [3.63, 3.8) is 0 Å². The molecule has 0 aliphatic carbocycles. The van der Waals surface area contributed by atoms with Crippen molar-refractivity contribution in [1.82, 2.24) is 5.32 Å². The van der Waals surface area contributed by atoms with Gasteiger partial charge in [0.1, 0.15) is 0 Å². The normalized spacial score (nSPS) is 18.8. The average molecular weight is 414 g/mol. The summed E-state index contributed by atoms with van der Waals surface area (Å²) in [5.41, 5.74) is 2.19. The van der Waals surface area contributed by atoms with Gasteiger partial charge in [0.2, 0.25) is 5.91 Å². The average Bonchev–Trinajstić information content (AvgIpc) is 3.49. The maximum atomic E-state index is 13.0. The number of nitrogens with one attached hydrogen (secondary N) is 2. The molecule has 2 fully saturated rings. The molecular weight excluding hydrogens is 386 g/mol. The number of hydrogen-bond donors (Lipinski definition) is 2. The highest BCUT2D eigenvalue weighted by molar-refractivity contribution is 7.10. The van der Waals surface area contributed by atoms with Crippen LogP contribution in [0.2, 0.25) is 0 Å². The number of ether oxygens (including phenoxy) is 1. The first-order valence-corrected chi connectivity index (χ1v) is 11.2. The predicted molar refractivity (Wildman–Crippen MR) is 116 cm³/mol. The second-order valence-electron chi connectivity index (χ2n) is 7.58. The largest absolute Gasteiger partial charge is 0.376 e. The maximum absolute atomic E-state index is 13.0. The van der Waals surface area contributed by atoms with Crippen LogP contribution in [0.1, 0.15) is 40.9 Å². The number of nitrogens with zero attached hydrogens (tertiary/aromatic N) is 1. The fourth-order valence-electron chi connectivity index (χ4n) is 3.91. The summed E-state index contributed by atoms with van der Waals surface area (Å²) in [5.74, 6) is -0.191. The smallest absolute Gasteiger partial charge is 0.253 e. The summed E-state index contributed by atoms with van der Waals surface area (Å²) >= 11 is 1.56. The summed E-state index contributed by atoms with van der Waals surface area (Å²) in [6.07, 6.45) is 4.74. The predicted octanol–water partition coefficient (Wildman–Crippen LogP) is 3.44. The number of carbonyl (C=O) groups is 2. The monoisotopic (exact) mass is 413 g/mol. The molecule has 2 aliphatic rings. The summed E-state index contributed by atoms with van der Waals surface area (Å²) in [5, 5.41) is 7.92. The molecule has 1 aromatic heterocycles. The lowest BCUT2D eigenvalue weighted by atomic mass is 10.1. The first kappa shape index (κ1) is 19.9. The van der Waals surface area contributed by atoms with Crippen LogP contribution in [0.4, 0.5) is 11.4 Å². The van der Waals surface area contributed by atoms with Crippen LogP contribution in [0.5, 0.6) is 0 Å². The van der Waals surface area contributed by atoms with Gasteiger partial charge >= 0.3 is 0 Å². The van der Waals surface area contributed by atoms with Gasteiger partial charge < -0.3 is 20.3 Å². The van der Waals surface area contributed by atoms with E-state index in [1.54, 1.807) is 17.4 Å². The van der Waals surface area contributed by atoms with Crippen molar-refractivity contribution in [1.29, 1.82) is 0 Å². The lowest BCUT2D eigenvalue weighted by Crippen LogP contribution is -2.33. The van der Waals surface area contributed by atoms with E-state index >= 15 is 0 Å². The molecule has 0 bridgehead atoms. The van der Waals surface area contributed by atoms with Crippen LogP contribution in [-0.4, -0.2) is 44.2 Å². The Morgan fingerprint density at radius 3 is 2.76 bits per heavy atom. The Bertz CT molecular complexity index is 841. The van der Waals surface area contributed by atoms with Crippen molar-refractivity contribution in [2.24, 2.45) is 0 Å². The summed E-state index contributed by atoms with van der Waals surface area (Å²) in [6.45, 7) is 3.20. The molecule has 2 N–H and O–H groups in total. The molecule has 2 saturated heterocycles. The molecule has 2 aliphatic heterocycles.